The Labute approximate surface area is 159 Å². The number of anilines is 2. The Morgan fingerprint density at radius 2 is 1.89 bits per heavy atom. The van der Waals surface area contributed by atoms with E-state index in [2.05, 4.69) is 20.5 Å². The highest BCUT2D eigenvalue weighted by atomic mass is 16.5. The van der Waals surface area contributed by atoms with Gasteiger partial charge in [-0.05, 0) is 42.7 Å². The predicted molar refractivity (Wildman–Crippen MR) is 105 cm³/mol. The molecule has 2 amide bonds. The first-order valence-corrected chi connectivity index (χ1v) is 9.21. The smallest absolute Gasteiger partial charge is 0.319 e. The largest absolute Gasteiger partial charge is 0.491 e. The summed E-state index contributed by atoms with van der Waals surface area (Å²) >= 11 is 0. The Morgan fingerprint density at radius 1 is 1.11 bits per heavy atom. The van der Waals surface area contributed by atoms with Crippen molar-refractivity contribution in [3.8, 4) is 5.75 Å². The van der Waals surface area contributed by atoms with Gasteiger partial charge < -0.3 is 25.0 Å². The fraction of sp³-hybridized carbons (Fsp3) is 0.400. The van der Waals surface area contributed by atoms with E-state index < -0.39 is 0 Å². The minimum atomic E-state index is -0.258. The Hall–Kier alpha value is -2.80. The molecule has 1 saturated heterocycles. The van der Waals surface area contributed by atoms with Crippen LogP contribution in [0.1, 0.15) is 18.4 Å². The lowest BCUT2D eigenvalue weighted by atomic mass is 10.2. The number of methoxy groups -OCH3 is 1. The van der Waals surface area contributed by atoms with Gasteiger partial charge >= 0.3 is 6.03 Å². The molecule has 2 heterocycles. The highest BCUT2D eigenvalue weighted by Crippen LogP contribution is 2.19. The van der Waals surface area contributed by atoms with Crippen molar-refractivity contribution in [2.24, 2.45) is 0 Å². The Morgan fingerprint density at radius 3 is 2.56 bits per heavy atom. The quantitative estimate of drug-likeness (QED) is 0.699. The molecular formula is C20H26N4O3. The van der Waals surface area contributed by atoms with Crippen LogP contribution in [0.3, 0.4) is 0 Å². The maximum Gasteiger partial charge on any atom is 0.319 e. The first-order valence-electron chi connectivity index (χ1n) is 9.21. The van der Waals surface area contributed by atoms with Gasteiger partial charge in [-0.2, -0.15) is 0 Å². The Kier molecular flexibility index (Phi) is 6.87. The molecule has 1 aliphatic rings. The molecule has 144 valence electrons. The van der Waals surface area contributed by atoms with Crippen molar-refractivity contribution < 1.29 is 14.3 Å². The van der Waals surface area contributed by atoms with E-state index in [4.69, 9.17) is 9.47 Å². The molecule has 1 aliphatic heterocycles. The van der Waals surface area contributed by atoms with Gasteiger partial charge in [-0.1, -0.05) is 12.1 Å². The molecule has 1 aromatic heterocycles. The molecular weight excluding hydrogens is 344 g/mol. The molecule has 0 spiro atoms. The SMILES string of the molecule is COCCOc1ccc(CNC(=O)Nc2ccc(N3CCCC3)nc2)cc1. The highest BCUT2D eigenvalue weighted by molar-refractivity contribution is 5.89. The number of carbonyl (C=O) groups excluding carboxylic acids is 1. The van der Waals surface area contributed by atoms with E-state index in [0.29, 0.717) is 25.4 Å². The van der Waals surface area contributed by atoms with Gasteiger partial charge in [-0.15, -0.1) is 0 Å². The molecule has 2 aromatic rings. The number of nitrogens with one attached hydrogen (secondary N) is 2. The van der Waals surface area contributed by atoms with Crippen molar-refractivity contribution in [1.82, 2.24) is 10.3 Å². The zero-order valence-electron chi connectivity index (χ0n) is 15.6. The summed E-state index contributed by atoms with van der Waals surface area (Å²) in [5.74, 6) is 1.75. The van der Waals surface area contributed by atoms with E-state index in [0.717, 1.165) is 30.2 Å². The highest BCUT2D eigenvalue weighted by Gasteiger charge is 2.13. The number of amides is 2. The summed E-state index contributed by atoms with van der Waals surface area (Å²) in [6.07, 6.45) is 4.12. The van der Waals surface area contributed by atoms with Gasteiger partial charge in [-0.25, -0.2) is 9.78 Å². The maximum absolute atomic E-state index is 12.1. The lowest BCUT2D eigenvalue weighted by Crippen LogP contribution is -2.28. The minimum absolute atomic E-state index is 0.258. The second kappa shape index (κ2) is 9.78. The van der Waals surface area contributed by atoms with Gasteiger partial charge in [0.2, 0.25) is 0 Å². The fourth-order valence-corrected chi connectivity index (χ4v) is 2.90. The summed E-state index contributed by atoms with van der Waals surface area (Å²) < 4.78 is 10.5. The van der Waals surface area contributed by atoms with Gasteiger partial charge in [0.05, 0.1) is 18.5 Å². The minimum Gasteiger partial charge on any atom is -0.491 e. The Bertz CT molecular complexity index is 713. The average Bonchev–Trinajstić information content (AvgIpc) is 3.23. The second-order valence-corrected chi connectivity index (χ2v) is 6.39. The number of aromatic nitrogens is 1. The summed E-state index contributed by atoms with van der Waals surface area (Å²) in [6, 6.07) is 11.2. The van der Waals surface area contributed by atoms with Gasteiger partial charge in [0.1, 0.15) is 18.2 Å². The molecule has 1 aromatic carbocycles. The van der Waals surface area contributed by atoms with Crippen LogP contribution in [0.5, 0.6) is 5.75 Å². The molecule has 0 saturated carbocycles. The second-order valence-electron chi connectivity index (χ2n) is 6.39. The van der Waals surface area contributed by atoms with E-state index in [-0.39, 0.29) is 6.03 Å². The van der Waals surface area contributed by atoms with Gasteiger partial charge in [0.15, 0.2) is 0 Å². The number of nitrogens with zero attached hydrogens (tertiary/aromatic N) is 2. The van der Waals surface area contributed by atoms with Crippen molar-refractivity contribution >= 4 is 17.5 Å². The summed E-state index contributed by atoms with van der Waals surface area (Å²) in [5, 5.41) is 5.65. The predicted octanol–water partition coefficient (Wildman–Crippen LogP) is 3.03. The molecule has 0 aliphatic carbocycles. The van der Waals surface area contributed by atoms with E-state index >= 15 is 0 Å². The van der Waals surface area contributed by atoms with Crippen LogP contribution in [0.15, 0.2) is 42.6 Å². The van der Waals surface area contributed by atoms with Gasteiger partial charge in [0, 0.05) is 26.7 Å². The van der Waals surface area contributed by atoms with Crippen LogP contribution in [0.25, 0.3) is 0 Å². The fourth-order valence-electron chi connectivity index (χ4n) is 2.90. The standard InChI is InChI=1S/C20H26N4O3/c1-26-12-13-27-18-7-4-16(5-8-18)14-22-20(25)23-17-6-9-19(21-15-17)24-10-2-3-11-24/h4-9,15H,2-3,10-14H2,1H3,(H2,22,23,25). The van der Waals surface area contributed by atoms with Crippen LogP contribution in [0.2, 0.25) is 0 Å². The molecule has 7 heteroatoms. The van der Waals surface area contributed by atoms with Crippen LogP contribution in [-0.4, -0.2) is 44.4 Å². The molecule has 0 radical (unpaired) electrons. The van der Waals surface area contributed by atoms with E-state index in [9.17, 15) is 4.79 Å². The van der Waals surface area contributed by atoms with Crippen LogP contribution < -0.4 is 20.3 Å². The monoisotopic (exact) mass is 370 g/mol. The molecule has 0 unspecified atom stereocenters. The number of urea groups is 1. The Balaban J connectivity index is 1.42. The summed E-state index contributed by atoms with van der Waals surface area (Å²) in [7, 11) is 1.64. The average molecular weight is 370 g/mol. The lowest BCUT2D eigenvalue weighted by Gasteiger charge is -2.16. The first kappa shape index (κ1) is 19.0. The molecule has 7 nitrogen and oxygen atoms in total. The topological polar surface area (TPSA) is 75.7 Å². The third kappa shape index (κ3) is 5.86. The van der Waals surface area contributed by atoms with Crippen LogP contribution in [0.4, 0.5) is 16.3 Å². The molecule has 27 heavy (non-hydrogen) atoms. The zero-order chi connectivity index (χ0) is 18.9. The molecule has 2 N–H and O–H groups in total. The number of rotatable bonds is 8. The molecule has 1 fully saturated rings. The summed E-state index contributed by atoms with van der Waals surface area (Å²) in [6.45, 7) is 3.61. The molecule has 0 bridgehead atoms. The van der Waals surface area contributed by atoms with Crippen molar-refractivity contribution in [2.45, 2.75) is 19.4 Å². The molecule has 0 atom stereocenters. The zero-order valence-corrected chi connectivity index (χ0v) is 15.6. The van der Waals surface area contributed by atoms with Crippen LogP contribution >= 0.6 is 0 Å². The van der Waals surface area contributed by atoms with Crippen molar-refractivity contribution in [3.63, 3.8) is 0 Å². The summed E-state index contributed by atoms with van der Waals surface area (Å²) in [4.78, 5) is 18.8. The number of hydrogen-bond donors (Lipinski definition) is 2. The number of hydrogen-bond acceptors (Lipinski definition) is 5. The number of carbonyl (C=O) groups is 1. The van der Waals surface area contributed by atoms with Crippen LogP contribution in [0, 0.1) is 0 Å². The first-order chi connectivity index (χ1) is 13.2. The van der Waals surface area contributed by atoms with Crippen molar-refractivity contribution in [1.29, 1.82) is 0 Å². The number of benzene rings is 1. The molecule has 3 rings (SSSR count). The van der Waals surface area contributed by atoms with Crippen molar-refractivity contribution in [3.05, 3.63) is 48.2 Å². The summed E-state index contributed by atoms with van der Waals surface area (Å²) in [5.41, 5.74) is 1.67. The lowest BCUT2D eigenvalue weighted by molar-refractivity contribution is 0.146. The number of ether oxygens (including phenoxy) is 2. The van der Waals surface area contributed by atoms with E-state index in [1.54, 1.807) is 13.3 Å². The third-order valence-corrected chi connectivity index (χ3v) is 4.37. The van der Waals surface area contributed by atoms with Gasteiger partial charge in [0.25, 0.3) is 0 Å². The third-order valence-electron chi connectivity index (χ3n) is 4.37. The van der Waals surface area contributed by atoms with Crippen LogP contribution in [-0.2, 0) is 11.3 Å². The van der Waals surface area contributed by atoms with Gasteiger partial charge in [-0.3, -0.25) is 0 Å². The maximum atomic E-state index is 12.1. The van der Waals surface area contributed by atoms with E-state index in [1.807, 2.05) is 36.4 Å². The van der Waals surface area contributed by atoms with Crippen molar-refractivity contribution in [2.75, 3.05) is 43.6 Å². The normalized spacial score (nSPS) is 13.4. The number of pyridine rings is 1. The van der Waals surface area contributed by atoms with E-state index in [1.165, 1.54) is 12.8 Å².